The van der Waals surface area contributed by atoms with Gasteiger partial charge in [-0.1, -0.05) is 59.8 Å². The van der Waals surface area contributed by atoms with E-state index >= 15 is 0 Å². The first-order valence-corrected chi connectivity index (χ1v) is 6.37. The molecule has 0 saturated carbocycles. The SMILES string of the molecule is Cc1noc(-c2ccccc2)c1-c1ccc(C=O)cc1. The van der Waals surface area contributed by atoms with Gasteiger partial charge in [0.15, 0.2) is 5.76 Å². The van der Waals surface area contributed by atoms with E-state index in [2.05, 4.69) is 5.16 Å². The molecule has 1 heterocycles. The van der Waals surface area contributed by atoms with Crippen LogP contribution in [0.1, 0.15) is 16.1 Å². The third-order valence-corrected chi connectivity index (χ3v) is 3.23. The van der Waals surface area contributed by atoms with Gasteiger partial charge in [-0.25, -0.2) is 0 Å². The van der Waals surface area contributed by atoms with Crippen molar-refractivity contribution in [2.45, 2.75) is 6.92 Å². The fraction of sp³-hybridized carbons (Fsp3) is 0.0588. The van der Waals surface area contributed by atoms with Crippen molar-refractivity contribution in [2.24, 2.45) is 0 Å². The lowest BCUT2D eigenvalue weighted by Gasteiger charge is -2.03. The molecule has 0 N–H and O–H groups in total. The van der Waals surface area contributed by atoms with Gasteiger partial charge in [-0.3, -0.25) is 4.79 Å². The molecule has 0 saturated heterocycles. The standard InChI is InChI=1S/C17H13NO2/c1-12-16(14-9-7-13(11-19)8-10-14)17(20-18-12)15-5-3-2-4-6-15/h2-11H,1H3. The number of aryl methyl sites for hydroxylation is 1. The van der Waals surface area contributed by atoms with Crippen LogP contribution in [-0.2, 0) is 0 Å². The summed E-state index contributed by atoms with van der Waals surface area (Å²) in [6.07, 6.45) is 0.836. The van der Waals surface area contributed by atoms with Crippen molar-refractivity contribution in [3.05, 3.63) is 65.9 Å². The minimum Gasteiger partial charge on any atom is -0.355 e. The molecule has 3 rings (SSSR count). The fourth-order valence-corrected chi connectivity index (χ4v) is 2.22. The maximum absolute atomic E-state index is 10.7. The number of nitrogens with zero attached hydrogens (tertiary/aromatic N) is 1. The highest BCUT2D eigenvalue weighted by Gasteiger charge is 2.16. The van der Waals surface area contributed by atoms with Crippen LogP contribution in [0, 0.1) is 6.92 Å². The Bertz CT molecular complexity index is 727. The first-order valence-electron chi connectivity index (χ1n) is 6.37. The Morgan fingerprint density at radius 2 is 1.65 bits per heavy atom. The topological polar surface area (TPSA) is 43.1 Å². The lowest BCUT2D eigenvalue weighted by molar-refractivity contribution is 0.112. The number of aldehydes is 1. The predicted octanol–water partition coefficient (Wildman–Crippen LogP) is 4.13. The number of hydrogen-bond acceptors (Lipinski definition) is 3. The van der Waals surface area contributed by atoms with Gasteiger partial charge in [0, 0.05) is 11.1 Å². The second-order valence-electron chi connectivity index (χ2n) is 4.58. The van der Waals surface area contributed by atoms with E-state index in [1.807, 2.05) is 49.4 Å². The van der Waals surface area contributed by atoms with E-state index in [4.69, 9.17) is 4.52 Å². The van der Waals surface area contributed by atoms with Gasteiger partial charge in [0.2, 0.25) is 0 Å². The lowest BCUT2D eigenvalue weighted by Crippen LogP contribution is -1.85. The second-order valence-corrected chi connectivity index (χ2v) is 4.58. The van der Waals surface area contributed by atoms with Crippen LogP contribution in [0.2, 0.25) is 0 Å². The van der Waals surface area contributed by atoms with E-state index in [1.54, 1.807) is 12.1 Å². The van der Waals surface area contributed by atoms with Crippen LogP contribution in [0.15, 0.2) is 59.1 Å². The van der Waals surface area contributed by atoms with Gasteiger partial charge in [0.25, 0.3) is 0 Å². The molecule has 0 aliphatic rings. The van der Waals surface area contributed by atoms with Crippen LogP contribution in [0.4, 0.5) is 0 Å². The van der Waals surface area contributed by atoms with Gasteiger partial charge in [0.05, 0.1) is 11.3 Å². The van der Waals surface area contributed by atoms with E-state index < -0.39 is 0 Å². The first-order chi connectivity index (χ1) is 9.79. The molecule has 3 aromatic rings. The maximum atomic E-state index is 10.7. The summed E-state index contributed by atoms with van der Waals surface area (Å²) in [6.45, 7) is 1.92. The Morgan fingerprint density at radius 1 is 0.950 bits per heavy atom. The van der Waals surface area contributed by atoms with E-state index in [1.165, 1.54) is 0 Å². The third kappa shape index (κ3) is 2.14. The van der Waals surface area contributed by atoms with Crippen LogP contribution in [0.5, 0.6) is 0 Å². The average molecular weight is 263 g/mol. The minimum absolute atomic E-state index is 0.657. The molecule has 3 nitrogen and oxygen atoms in total. The Kier molecular flexibility index (Phi) is 3.17. The van der Waals surface area contributed by atoms with Crippen molar-refractivity contribution in [2.75, 3.05) is 0 Å². The molecular weight excluding hydrogens is 250 g/mol. The molecule has 0 aliphatic heterocycles. The summed E-state index contributed by atoms with van der Waals surface area (Å²) in [4.78, 5) is 10.7. The maximum Gasteiger partial charge on any atom is 0.174 e. The average Bonchev–Trinajstić information content (AvgIpc) is 2.90. The summed E-state index contributed by atoms with van der Waals surface area (Å²) >= 11 is 0. The summed E-state index contributed by atoms with van der Waals surface area (Å²) in [5, 5.41) is 4.07. The van der Waals surface area contributed by atoms with Gasteiger partial charge in [-0.2, -0.15) is 0 Å². The van der Waals surface area contributed by atoms with Crippen molar-refractivity contribution in [1.29, 1.82) is 0 Å². The van der Waals surface area contributed by atoms with Crippen molar-refractivity contribution in [1.82, 2.24) is 5.16 Å². The van der Waals surface area contributed by atoms with E-state index in [0.29, 0.717) is 5.56 Å². The summed E-state index contributed by atoms with van der Waals surface area (Å²) in [7, 11) is 0. The molecule has 0 unspecified atom stereocenters. The zero-order valence-electron chi connectivity index (χ0n) is 11.0. The Hall–Kier alpha value is -2.68. The van der Waals surface area contributed by atoms with Crippen molar-refractivity contribution in [3.63, 3.8) is 0 Å². The molecule has 0 radical (unpaired) electrons. The van der Waals surface area contributed by atoms with Crippen molar-refractivity contribution >= 4 is 6.29 Å². The van der Waals surface area contributed by atoms with Crippen LogP contribution >= 0.6 is 0 Å². The molecule has 0 atom stereocenters. The largest absolute Gasteiger partial charge is 0.355 e. The fourth-order valence-electron chi connectivity index (χ4n) is 2.22. The van der Waals surface area contributed by atoms with E-state index in [-0.39, 0.29) is 0 Å². The van der Waals surface area contributed by atoms with Crippen LogP contribution in [0.3, 0.4) is 0 Å². The lowest BCUT2D eigenvalue weighted by atomic mass is 9.99. The highest BCUT2D eigenvalue weighted by molar-refractivity contribution is 5.83. The molecule has 1 aromatic heterocycles. The first kappa shape index (κ1) is 12.4. The molecule has 0 amide bonds. The van der Waals surface area contributed by atoms with Gasteiger partial charge in [-0.05, 0) is 12.5 Å². The molecule has 0 fully saturated rings. The van der Waals surface area contributed by atoms with Crippen LogP contribution < -0.4 is 0 Å². The number of benzene rings is 2. The zero-order valence-corrected chi connectivity index (χ0v) is 11.0. The summed E-state index contributed by atoms with van der Waals surface area (Å²) in [5.74, 6) is 0.752. The summed E-state index contributed by atoms with van der Waals surface area (Å²) in [5.41, 5.74) is 4.44. The van der Waals surface area contributed by atoms with Crippen molar-refractivity contribution in [3.8, 4) is 22.5 Å². The summed E-state index contributed by atoms with van der Waals surface area (Å²) < 4.78 is 5.47. The van der Waals surface area contributed by atoms with E-state index in [9.17, 15) is 4.79 Å². The monoisotopic (exact) mass is 263 g/mol. The minimum atomic E-state index is 0.657. The zero-order chi connectivity index (χ0) is 13.9. The Labute approximate surface area is 116 Å². The molecule has 3 heteroatoms. The number of carbonyl (C=O) groups is 1. The molecule has 2 aromatic carbocycles. The van der Waals surface area contributed by atoms with E-state index in [0.717, 1.165) is 34.4 Å². The third-order valence-electron chi connectivity index (χ3n) is 3.23. The molecule has 0 bridgehead atoms. The number of hydrogen-bond donors (Lipinski definition) is 0. The van der Waals surface area contributed by atoms with Crippen molar-refractivity contribution < 1.29 is 9.32 Å². The van der Waals surface area contributed by atoms with Gasteiger partial charge >= 0.3 is 0 Å². The highest BCUT2D eigenvalue weighted by atomic mass is 16.5. The molecule has 0 aliphatic carbocycles. The summed E-state index contributed by atoms with van der Waals surface area (Å²) in [6, 6.07) is 17.3. The second kappa shape index (κ2) is 5.13. The van der Waals surface area contributed by atoms with Gasteiger partial charge < -0.3 is 4.52 Å². The van der Waals surface area contributed by atoms with Gasteiger partial charge in [-0.15, -0.1) is 0 Å². The Morgan fingerprint density at radius 3 is 2.30 bits per heavy atom. The number of rotatable bonds is 3. The number of carbonyl (C=O) groups excluding carboxylic acids is 1. The van der Waals surface area contributed by atoms with Crippen LogP contribution in [-0.4, -0.2) is 11.4 Å². The number of aromatic nitrogens is 1. The quantitative estimate of drug-likeness (QED) is 0.667. The highest BCUT2D eigenvalue weighted by Crippen LogP contribution is 2.34. The normalized spacial score (nSPS) is 10.4. The smallest absolute Gasteiger partial charge is 0.174 e. The Balaban J connectivity index is 2.13. The van der Waals surface area contributed by atoms with Gasteiger partial charge in [0.1, 0.15) is 6.29 Å². The molecule has 0 spiro atoms. The molecular formula is C17H13NO2. The molecule has 20 heavy (non-hydrogen) atoms. The predicted molar refractivity (Wildman–Crippen MR) is 77.5 cm³/mol. The van der Waals surface area contributed by atoms with Crippen LogP contribution in [0.25, 0.3) is 22.5 Å². The molecule has 98 valence electrons.